The Balaban J connectivity index is 2.06. The highest BCUT2D eigenvalue weighted by atomic mass is 16.1. The van der Waals surface area contributed by atoms with E-state index in [1.807, 2.05) is 11.9 Å². The van der Waals surface area contributed by atoms with E-state index < -0.39 is 0 Å². The van der Waals surface area contributed by atoms with Gasteiger partial charge in [-0.1, -0.05) is 0 Å². The molecule has 1 N–H and O–H groups in total. The number of likely N-dealkylation sites (N-methyl/N-ethyl adjacent to an activating group) is 1. The third-order valence-electron chi connectivity index (χ3n) is 3.02. The van der Waals surface area contributed by atoms with Crippen LogP contribution in [0.5, 0.6) is 0 Å². The second kappa shape index (κ2) is 5.29. The molecule has 0 amide bonds. The molecule has 0 saturated carbocycles. The van der Waals surface area contributed by atoms with Gasteiger partial charge in [-0.3, -0.25) is 10.2 Å². The van der Waals surface area contributed by atoms with Gasteiger partial charge in [-0.25, -0.2) is 9.99 Å². The smallest absolute Gasteiger partial charge is 0.294 e. The quantitative estimate of drug-likeness (QED) is 0.791. The van der Waals surface area contributed by atoms with Crippen LogP contribution in [0.3, 0.4) is 0 Å². The number of aryl methyl sites for hydroxylation is 1. The van der Waals surface area contributed by atoms with Crippen molar-refractivity contribution in [1.29, 1.82) is 0 Å². The molecule has 2 rings (SSSR count). The van der Waals surface area contributed by atoms with Gasteiger partial charge in [0.25, 0.3) is 5.56 Å². The summed E-state index contributed by atoms with van der Waals surface area (Å²) in [6.07, 6.45) is 3.36. The van der Waals surface area contributed by atoms with Crippen molar-refractivity contribution in [3.63, 3.8) is 0 Å². The molecule has 0 unspecified atom stereocenters. The van der Waals surface area contributed by atoms with Gasteiger partial charge in [-0.05, 0) is 14.0 Å². The number of piperazine rings is 1. The minimum Gasteiger partial charge on any atom is -0.311 e. The van der Waals surface area contributed by atoms with Crippen molar-refractivity contribution in [2.75, 3.05) is 38.7 Å². The van der Waals surface area contributed by atoms with Gasteiger partial charge in [0.2, 0.25) is 5.82 Å². The Kier molecular flexibility index (Phi) is 3.75. The minimum absolute atomic E-state index is 0.0612. The number of hydrazine groups is 1. The van der Waals surface area contributed by atoms with Gasteiger partial charge in [-0.15, -0.1) is 0 Å². The average molecular weight is 237 g/mol. The van der Waals surface area contributed by atoms with Crippen molar-refractivity contribution >= 4 is 5.82 Å². The molecule has 0 spiro atoms. The van der Waals surface area contributed by atoms with E-state index in [1.165, 1.54) is 0 Å². The number of nitrogens with one attached hydrogen (secondary N) is 1. The first kappa shape index (κ1) is 12.1. The first-order valence-electron chi connectivity index (χ1n) is 5.96. The Morgan fingerprint density at radius 3 is 2.71 bits per heavy atom. The highest BCUT2D eigenvalue weighted by molar-refractivity contribution is 5.29. The summed E-state index contributed by atoms with van der Waals surface area (Å²) in [6, 6.07) is 0. The maximum atomic E-state index is 11.9. The van der Waals surface area contributed by atoms with Crippen LogP contribution in [0.15, 0.2) is 17.2 Å². The van der Waals surface area contributed by atoms with Crippen molar-refractivity contribution in [2.45, 2.75) is 13.5 Å². The van der Waals surface area contributed by atoms with Gasteiger partial charge in [0, 0.05) is 45.1 Å². The first-order valence-corrected chi connectivity index (χ1v) is 5.96. The summed E-state index contributed by atoms with van der Waals surface area (Å²) >= 11 is 0. The van der Waals surface area contributed by atoms with E-state index in [-0.39, 0.29) is 5.56 Å². The van der Waals surface area contributed by atoms with Gasteiger partial charge in [0.05, 0.1) is 0 Å². The number of anilines is 1. The minimum atomic E-state index is -0.0612. The fraction of sp³-hybridized carbons (Fsp3) is 0.636. The Bertz CT molecular complexity index is 422. The molecule has 17 heavy (non-hydrogen) atoms. The van der Waals surface area contributed by atoms with Crippen LogP contribution in [-0.4, -0.2) is 52.7 Å². The average Bonchev–Trinajstić information content (AvgIpc) is 2.35. The van der Waals surface area contributed by atoms with E-state index in [0.29, 0.717) is 12.4 Å². The summed E-state index contributed by atoms with van der Waals surface area (Å²) in [7, 11) is 2.10. The molecule has 0 atom stereocenters. The third kappa shape index (κ3) is 2.83. The molecule has 0 bridgehead atoms. The van der Waals surface area contributed by atoms with Crippen LogP contribution >= 0.6 is 0 Å². The van der Waals surface area contributed by atoms with Gasteiger partial charge in [0.1, 0.15) is 0 Å². The lowest BCUT2D eigenvalue weighted by molar-refractivity contribution is 0.178. The Hall–Kier alpha value is -1.40. The fourth-order valence-electron chi connectivity index (χ4n) is 1.84. The molecule has 6 nitrogen and oxygen atoms in total. The van der Waals surface area contributed by atoms with E-state index in [4.69, 9.17) is 0 Å². The summed E-state index contributed by atoms with van der Waals surface area (Å²) in [5.41, 5.74) is 3.05. The molecule has 6 heteroatoms. The lowest BCUT2D eigenvalue weighted by atomic mass is 10.4. The lowest BCUT2D eigenvalue weighted by Gasteiger charge is -2.32. The van der Waals surface area contributed by atoms with Crippen LogP contribution in [0, 0.1) is 0 Å². The standard InChI is InChI=1S/C11H19N5O/c1-3-15-5-4-12-10(11(15)17)13-16-8-6-14(2)7-9-16/h4-5H,3,6-9H2,1-2H3,(H,12,13). The molecular formula is C11H19N5O. The normalized spacial score (nSPS) is 18.2. The van der Waals surface area contributed by atoms with Crippen molar-refractivity contribution in [2.24, 2.45) is 0 Å². The van der Waals surface area contributed by atoms with Crippen LogP contribution in [0.1, 0.15) is 6.92 Å². The van der Waals surface area contributed by atoms with Crippen LogP contribution < -0.4 is 11.0 Å². The molecule has 2 heterocycles. The molecule has 1 aromatic heterocycles. The van der Waals surface area contributed by atoms with Gasteiger partial charge in [-0.2, -0.15) is 0 Å². The molecule has 1 aliphatic heterocycles. The highest BCUT2D eigenvalue weighted by Crippen LogP contribution is 2.01. The summed E-state index contributed by atoms with van der Waals surface area (Å²) in [4.78, 5) is 18.3. The third-order valence-corrected chi connectivity index (χ3v) is 3.02. The van der Waals surface area contributed by atoms with Gasteiger partial charge in [0.15, 0.2) is 0 Å². The van der Waals surface area contributed by atoms with Crippen LogP contribution in [-0.2, 0) is 6.54 Å². The molecule has 0 aromatic carbocycles. The Morgan fingerprint density at radius 2 is 2.06 bits per heavy atom. The molecule has 0 radical (unpaired) electrons. The SMILES string of the molecule is CCn1ccnc(NN2CCN(C)CC2)c1=O. The summed E-state index contributed by atoms with van der Waals surface area (Å²) in [6.45, 7) is 6.42. The van der Waals surface area contributed by atoms with Crippen LogP contribution in [0.4, 0.5) is 5.82 Å². The van der Waals surface area contributed by atoms with Crippen molar-refractivity contribution in [1.82, 2.24) is 19.5 Å². The summed E-state index contributed by atoms with van der Waals surface area (Å²) in [5, 5.41) is 2.05. The summed E-state index contributed by atoms with van der Waals surface area (Å²) in [5.74, 6) is 0.416. The second-order valence-corrected chi connectivity index (χ2v) is 4.27. The number of nitrogens with zero attached hydrogens (tertiary/aromatic N) is 4. The van der Waals surface area contributed by atoms with E-state index in [0.717, 1.165) is 26.2 Å². The topological polar surface area (TPSA) is 53.4 Å². The lowest BCUT2D eigenvalue weighted by Crippen LogP contribution is -2.48. The number of aromatic nitrogens is 2. The number of hydrogen-bond donors (Lipinski definition) is 1. The van der Waals surface area contributed by atoms with Crippen LogP contribution in [0.2, 0.25) is 0 Å². The largest absolute Gasteiger partial charge is 0.311 e. The monoisotopic (exact) mass is 237 g/mol. The zero-order valence-electron chi connectivity index (χ0n) is 10.4. The van der Waals surface area contributed by atoms with E-state index in [2.05, 4.69) is 22.4 Å². The number of rotatable bonds is 3. The van der Waals surface area contributed by atoms with E-state index >= 15 is 0 Å². The van der Waals surface area contributed by atoms with E-state index in [9.17, 15) is 4.79 Å². The Morgan fingerprint density at radius 1 is 1.35 bits per heavy atom. The van der Waals surface area contributed by atoms with Crippen molar-refractivity contribution < 1.29 is 0 Å². The molecule has 1 saturated heterocycles. The molecule has 1 aromatic rings. The maximum Gasteiger partial charge on any atom is 0.294 e. The molecule has 1 fully saturated rings. The second-order valence-electron chi connectivity index (χ2n) is 4.27. The van der Waals surface area contributed by atoms with Crippen molar-refractivity contribution in [3.8, 4) is 0 Å². The number of hydrogen-bond acceptors (Lipinski definition) is 5. The highest BCUT2D eigenvalue weighted by Gasteiger charge is 2.15. The molecule has 1 aliphatic rings. The molecule has 0 aliphatic carbocycles. The predicted octanol–water partition coefficient (Wildman–Crippen LogP) is -0.162. The van der Waals surface area contributed by atoms with Gasteiger partial charge >= 0.3 is 0 Å². The maximum absolute atomic E-state index is 11.9. The zero-order valence-corrected chi connectivity index (χ0v) is 10.4. The molecular weight excluding hydrogens is 218 g/mol. The van der Waals surface area contributed by atoms with Crippen LogP contribution in [0.25, 0.3) is 0 Å². The van der Waals surface area contributed by atoms with E-state index in [1.54, 1.807) is 17.0 Å². The Labute approximate surface area is 101 Å². The molecule has 94 valence electrons. The zero-order chi connectivity index (χ0) is 12.3. The first-order chi connectivity index (χ1) is 8.20. The predicted molar refractivity (Wildman–Crippen MR) is 66.9 cm³/mol. The fourth-order valence-corrected chi connectivity index (χ4v) is 1.84. The van der Waals surface area contributed by atoms with Gasteiger partial charge < -0.3 is 9.47 Å². The summed E-state index contributed by atoms with van der Waals surface area (Å²) < 4.78 is 1.64. The van der Waals surface area contributed by atoms with Crippen molar-refractivity contribution in [3.05, 3.63) is 22.7 Å².